The first kappa shape index (κ1) is 15.9. The molecule has 1 saturated carbocycles. The summed E-state index contributed by atoms with van der Waals surface area (Å²) in [5.74, 6) is -0.684. The van der Waals surface area contributed by atoms with Gasteiger partial charge in [-0.15, -0.1) is 0 Å². The molecule has 5 nitrogen and oxygen atoms in total. The molecule has 2 fully saturated rings. The normalized spacial score (nSPS) is 25.4. The van der Waals surface area contributed by atoms with Gasteiger partial charge in [0.25, 0.3) is 0 Å². The van der Waals surface area contributed by atoms with Crippen LogP contribution in [-0.4, -0.2) is 41.1 Å². The maximum absolute atomic E-state index is 12.8. The number of likely N-dealkylation sites (tertiary alicyclic amines) is 1. The molecule has 3 atom stereocenters. The summed E-state index contributed by atoms with van der Waals surface area (Å²) in [6.45, 7) is -0.107. The summed E-state index contributed by atoms with van der Waals surface area (Å²) in [5, 5.41) is 10.0. The van der Waals surface area contributed by atoms with Crippen molar-refractivity contribution in [1.29, 1.82) is 0 Å². The lowest BCUT2D eigenvalue weighted by molar-refractivity contribution is -0.141. The summed E-state index contributed by atoms with van der Waals surface area (Å²) in [4.78, 5) is 25.8. The minimum atomic E-state index is -0.965. The number of aliphatic hydroxyl groups is 1. The number of benzene rings is 1. The van der Waals surface area contributed by atoms with Crippen molar-refractivity contribution < 1.29 is 23.8 Å². The number of hydrogen-bond acceptors (Lipinski definition) is 4. The van der Waals surface area contributed by atoms with E-state index in [4.69, 9.17) is 4.74 Å². The van der Waals surface area contributed by atoms with Gasteiger partial charge in [-0.25, -0.2) is 4.39 Å². The van der Waals surface area contributed by atoms with Crippen molar-refractivity contribution >= 4 is 11.8 Å². The highest BCUT2D eigenvalue weighted by molar-refractivity contribution is 6.05. The van der Waals surface area contributed by atoms with E-state index in [0.29, 0.717) is 5.75 Å². The zero-order chi connectivity index (χ0) is 16.4. The number of imide groups is 1. The van der Waals surface area contributed by atoms with Crippen molar-refractivity contribution in [3.63, 3.8) is 0 Å². The zero-order valence-corrected chi connectivity index (χ0v) is 12.8. The molecule has 0 radical (unpaired) electrons. The molecule has 23 heavy (non-hydrogen) atoms. The number of fused-ring (bicyclic) bond motifs is 1. The van der Waals surface area contributed by atoms with E-state index in [-0.39, 0.29) is 42.6 Å². The molecule has 2 aliphatic rings. The van der Waals surface area contributed by atoms with Crippen LogP contribution in [0.15, 0.2) is 24.3 Å². The number of ether oxygens (including phenoxy) is 1. The second kappa shape index (κ2) is 6.66. The van der Waals surface area contributed by atoms with Crippen molar-refractivity contribution in [1.82, 2.24) is 4.90 Å². The fourth-order valence-electron chi connectivity index (χ4n) is 3.40. The highest BCUT2D eigenvalue weighted by Gasteiger charge is 2.48. The molecule has 3 rings (SSSR count). The lowest BCUT2D eigenvalue weighted by Crippen LogP contribution is -2.40. The first-order chi connectivity index (χ1) is 11.1. The Morgan fingerprint density at radius 2 is 1.70 bits per heavy atom. The molecule has 1 saturated heterocycles. The van der Waals surface area contributed by atoms with E-state index in [1.165, 1.54) is 29.2 Å². The molecule has 1 aromatic rings. The van der Waals surface area contributed by atoms with Crippen LogP contribution < -0.4 is 4.74 Å². The van der Waals surface area contributed by atoms with E-state index < -0.39 is 6.10 Å². The quantitative estimate of drug-likeness (QED) is 0.839. The van der Waals surface area contributed by atoms with Gasteiger partial charge in [0.1, 0.15) is 24.3 Å². The Labute approximate surface area is 134 Å². The summed E-state index contributed by atoms with van der Waals surface area (Å²) >= 11 is 0. The molecule has 1 aliphatic heterocycles. The Morgan fingerprint density at radius 3 is 2.26 bits per heavy atom. The Kier molecular flexibility index (Phi) is 4.61. The van der Waals surface area contributed by atoms with Crippen molar-refractivity contribution in [2.24, 2.45) is 11.8 Å². The first-order valence-electron chi connectivity index (χ1n) is 7.98. The Bertz CT molecular complexity index is 565. The number of carbonyl (C=O) groups excluding carboxylic acids is 2. The number of rotatable bonds is 5. The van der Waals surface area contributed by atoms with Crippen LogP contribution in [0, 0.1) is 17.7 Å². The standard InChI is InChI=1S/C17H20FNO4/c18-11-5-7-13(8-6-11)23-10-12(20)9-19-16(21)14-3-1-2-4-15(14)17(19)22/h5-8,12,14-15,20H,1-4,9-10H2/t12-,14+,15+/m0/s1. The van der Waals surface area contributed by atoms with Crippen LogP contribution in [0.2, 0.25) is 0 Å². The van der Waals surface area contributed by atoms with Crippen LogP contribution in [0.25, 0.3) is 0 Å². The molecule has 1 heterocycles. The number of β-amino-alcohol motifs (C(OH)–C–C–N with tert-alkyl or cyclic N) is 1. The molecule has 124 valence electrons. The van der Waals surface area contributed by atoms with E-state index >= 15 is 0 Å². The predicted octanol–water partition coefficient (Wildman–Crippen LogP) is 1.74. The van der Waals surface area contributed by atoms with E-state index in [1.807, 2.05) is 0 Å². The summed E-state index contributed by atoms with van der Waals surface area (Å²) in [6.07, 6.45) is 2.50. The molecule has 0 spiro atoms. The fraction of sp³-hybridized carbons (Fsp3) is 0.529. The Balaban J connectivity index is 1.55. The van der Waals surface area contributed by atoms with Crippen molar-refractivity contribution in [3.05, 3.63) is 30.1 Å². The molecular formula is C17H20FNO4. The maximum atomic E-state index is 12.8. The van der Waals surface area contributed by atoms with Crippen molar-refractivity contribution in [3.8, 4) is 5.75 Å². The molecule has 0 bridgehead atoms. The van der Waals surface area contributed by atoms with Gasteiger partial charge in [0.2, 0.25) is 11.8 Å². The van der Waals surface area contributed by atoms with Gasteiger partial charge in [0.15, 0.2) is 0 Å². The summed E-state index contributed by atoms with van der Waals surface area (Å²) in [5.41, 5.74) is 0. The molecule has 0 unspecified atom stereocenters. The third-order valence-electron chi connectivity index (χ3n) is 4.58. The van der Waals surface area contributed by atoms with Crippen LogP contribution in [0.3, 0.4) is 0 Å². The van der Waals surface area contributed by atoms with Gasteiger partial charge in [0, 0.05) is 0 Å². The monoisotopic (exact) mass is 321 g/mol. The molecule has 0 aromatic heterocycles. The topological polar surface area (TPSA) is 66.8 Å². The van der Waals surface area contributed by atoms with Crippen LogP contribution >= 0.6 is 0 Å². The van der Waals surface area contributed by atoms with Gasteiger partial charge in [-0.05, 0) is 37.1 Å². The highest BCUT2D eigenvalue weighted by Crippen LogP contribution is 2.37. The number of nitrogens with zero attached hydrogens (tertiary/aromatic N) is 1. The summed E-state index contributed by atoms with van der Waals surface area (Å²) in [6, 6.07) is 5.45. The van der Waals surface area contributed by atoms with Crippen LogP contribution in [0.1, 0.15) is 25.7 Å². The zero-order valence-electron chi connectivity index (χ0n) is 12.8. The van der Waals surface area contributed by atoms with E-state index in [1.54, 1.807) is 0 Å². The highest BCUT2D eigenvalue weighted by atomic mass is 19.1. The average Bonchev–Trinajstić information content (AvgIpc) is 2.80. The van der Waals surface area contributed by atoms with Gasteiger partial charge in [-0.2, -0.15) is 0 Å². The van der Waals surface area contributed by atoms with E-state index in [2.05, 4.69) is 0 Å². The van der Waals surface area contributed by atoms with Crippen LogP contribution in [0.4, 0.5) is 4.39 Å². The van der Waals surface area contributed by atoms with Crippen molar-refractivity contribution in [2.45, 2.75) is 31.8 Å². The first-order valence-corrected chi connectivity index (χ1v) is 7.98. The van der Waals surface area contributed by atoms with Crippen LogP contribution in [-0.2, 0) is 9.59 Å². The van der Waals surface area contributed by atoms with Gasteiger partial charge < -0.3 is 9.84 Å². The molecule has 2 amide bonds. The molecule has 1 aromatic carbocycles. The number of halogens is 1. The average molecular weight is 321 g/mol. The SMILES string of the molecule is O=C1[C@@H]2CCCC[C@H]2C(=O)N1C[C@H](O)COc1ccc(F)cc1. The Hall–Kier alpha value is -1.95. The third-order valence-corrected chi connectivity index (χ3v) is 4.58. The lowest BCUT2D eigenvalue weighted by atomic mass is 9.81. The van der Waals surface area contributed by atoms with Gasteiger partial charge in [0.05, 0.1) is 18.4 Å². The van der Waals surface area contributed by atoms with E-state index in [9.17, 15) is 19.1 Å². The number of hydrogen-bond donors (Lipinski definition) is 1. The molecular weight excluding hydrogens is 301 g/mol. The van der Waals surface area contributed by atoms with Gasteiger partial charge in [-0.3, -0.25) is 14.5 Å². The third kappa shape index (κ3) is 3.37. The van der Waals surface area contributed by atoms with Gasteiger partial charge >= 0.3 is 0 Å². The second-order valence-corrected chi connectivity index (χ2v) is 6.20. The number of aliphatic hydroxyl groups excluding tert-OH is 1. The summed E-state index contributed by atoms with van der Waals surface area (Å²) in [7, 11) is 0. The second-order valence-electron chi connectivity index (χ2n) is 6.20. The number of carbonyl (C=O) groups is 2. The largest absolute Gasteiger partial charge is 0.491 e. The van der Waals surface area contributed by atoms with Crippen LogP contribution in [0.5, 0.6) is 5.75 Å². The smallest absolute Gasteiger partial charge is 0.233 e. The van der Waals surface area contributed by atoms with Crippen molar-refractivity contribution in [2.75, 3.05) is 13.2 Å². The minimum Gasteiger partial charge on any atom is -0.491 e. The Morgan fingerprint density at radius 1 is 1.13 bits per heavy atom. The number of amides is 2. The molecule has 6 heteroatoms. The van der Waals surface area contributed by atoms with E-state index in [0.717, 1.165) is 25.7 Å². The molecule has 1 N–H and O–H groups in total. The minimum absolute atomic E-state index is 0.0497. The lowest BCUT2D eigenvalue weighted by Gasteiger charge is -2.19. The predicted molar refractivity (Wildman–Crippen MR) is 80.1 cm³/mol. The summed E-state index contributed by atoms with van der Waals surface area (Å²) < 4.78 is 18.2. The maximum Gasteiger partial charge on any atom is 0.233 e. The van der Waals surface area contributed by atoms with Gasteiger partial charge in [-0.1, -0.05) is 12.8 Å². The molecule has 1 aliphatic carbocycles. The fourth-order valence-corrected chi connectivity index (χ4v) is 3.40.